The number of anilines is 2. The predicted molar refractivity (Wildman–Crippen MR) is 109 cm³/mol. The molecular weight excluding hydrogens is 336 g/mol. The van der Waals surface area contributed by atoms with Crippen LogP contribution < -0.4 is 10.2 Å². The van der Waals surface area contributed by atoms with E-state index in [-0.39, 0.29) is 0 Å². The summed E-state index contributed by atoms with van der Waals surface area (Å²) in [6.07, 6.45) is 2.70. The maximum Gasteiger partial charge on any atom is 0.101 e. The number of nitrogens with one attached hydrogen (secondary N) is 1. The van der Waals surface area contributed by atoms with Crippen molar-refractivity contribution in [2.45, 2.75) is 26.8 Å². The number of rotatable bonds is 6. The van der Waals surface area contributed by atoms with Crippen LogP contribution in [0.5, 0.6) is 0 Å². The van der Waals surface area contributed by atoms with Crippen molar-refractivity contribution in [3.05, 3.63) is 47.3 Å². The van der Waals surface area contributed by atoms with Crippen LogP contribution in [0.1, 0.15) is 30.7 Å². The van der Waals surface area contributed by atoms with Gasteiger partial charge in [-0.15, -0.1) is 0 Å². The Morgan fingerprint density at radius 3 is 2.59 bits per heavy atom. The molecule has 1 aromatic heterocycles. The zero-order valence-electron chi connectivity index (χ0n) is 16.4. The molecule has 27 heavy (non-hydrogen) atoms. The van der Waals surface area contributed by atoms with Crippen LogP contribution in [0.4, 0.5) is 11.4 Å². The van der Waals surface area contributed by atoms with Gasteiger partial charge < -0.3 is 10.2 Å². The summed E-state index contributed by atoms with van der Waals surface area (Å²) in [5.41, 5.74) is 5.15. The fourth-order valence-electron chi connectivity index (χ4n) is 3.62. The van der Waals surface area contributed by atoms with Crippen LogP contribution >= 0.6 is 0 Å². The van der Waals surface area contributed by atoms with Crippen LogP contribution in [0.25, 0.3) is 0 Å². The summed E-state index contributed by atoms with van der Waals surface area (Å²) in [5, 5.41) is 21.0. The number of aromatic nitrogens is 2. The summed E-state index contributed by atoms with van der Waals surface area (Å²) in [4.78, 5) is 4.73. The fraction of sp³-hybridized carbons (Fsp3) is 0.476. The van der Waals surface area contributed by atoms with Crippen LogP contribution in [0.15, 0.2) is 30.5 Å². The number of nitriles is 1. The molecular formula is C21H28N6. The largest absolute Gasteiger partial charge is 0.388 e. The molecule has 0 bridgehead atoms. The van der Waals surface area contributed by atoms with Crippen molar-refractivity contribution >= 4 is 11.4 Å². The molecule has 6 nitrogen and oxygen atoms in total. The van der Waals surface area contributed by atoms with Crippen molar-refractivity contribution in [1.82, 2.24) is 15.1 Å². The minimum Gasteiger partial charge on any atom is -0.388 e. The average Bonchev–Trinajstić information content (AvgIpc) is 2.68. The summed E-state index contributed by atoms with van der Waals surface area (Å²) in [6, 6.07) is 10.5. The van der Waals surface area contributed by atoms with Gasteiger partial charge in [-0.3, -0.25) is 4.90 Å². The van der Waals surface area contributed by atoms with E-state index in [1.165, 1.54) is 5.56 Å². The van der Waals surface area contributed by atoms with Crippen molar-refractivity contribution in [3.63, 3.8) is 0 Å². The zero-order chi connectivity index (χ0) is 19.2. The molecule has 0 spiro atoms. The Kier molecular flexibility index (Phi) is 6.25. The Morgan fingerprint density at radius 2 is 2.00 bits per heavy atom. The second-order valence-electron chi connectivity index (χ2n) is 7.46. The van der Waals surface area contributed by atoms with Gasteiger partial charge in [0, 0.05) is 51.7 Å². The van der Waals surface area contributed by atoms with Gasteiger partial charge in [0.25, 0.3) is 0 Å². The Morgan fingerprint density at radius 1 is 1.22 bits per heavy atom. The molecule has 1 aromatic carbocycles. The molecule has 0 amide bonds. The highest BCUT2D eigenvalue weighted by molar-refractivity contribution is 5.69. The van der Waals surface area contributed by atoms with Crippen LogP contribution in [0.2, 0.25) is 0 Å². The Balaban J connectivity index is 1.74. The van der Waals surface area contributed by atoms with Gasteiger partial charge in [0.15, 0.2) is 0 Å². The molecule has 0 aliphatic carbocycles. The number of benzene rings is 1. The lowest BCUT2D eigenvalue weighted by molar-refractivity contribution is 0.246. The fourth-order valence-corrected chi connectivity index (χ4v) is 3.62. The van der Waals surface area contributed by atoms with E-state index >= 15 is 0 Å². The van der Waals surface area contributed by atoms with E-state index in [0.29, 0.717) is 5.92 Å². The number of piperazine rings is 1. The van der Waals surface area contributed by atoms with Crippen molar-refractivity contribution in [2.24, 2.45) is 5.92 Å². The third-order valence-corrected chi connectivity index (χ3v) is 4.97. The van der Waals surface area contributed by atoms with E-state index in [1.807, 2.05) is 25.2 Å². The van der Waals surface area contributed by atoms with Crippen molar-refractivity contribution in [1.29, 1.82) is 5.26 Å². The SMILES string of the molecule is CNc1cc(C#N)c(N2CCN(Cc3cccnn3)CC2)cc1CC(C)C. The van der Waals surface area contributed by atoms with Crippen LogP contribution in [0, 0.1) is 17.2 Å². The summed E-state index contributed by atoms with van der Waals surface area (Å²) >= 11 is 0. The Bertz CT molecular complexity index is 788. The molecule has 1 aliphatic rings. The van der Waals surface area contributed by atoms with E-state index in [2.05, 4.69) is 51.3 Å². The Labute approximate surface area is 161 Å². The summed E-state index contributed by atoms with van der Waals surface area (Å²) < 4.78 is 0. The molecule has 0 unspecified atom stereocenters. The van der Waals surface area contributed by atoms with Gasteiger partial charge >= 0.3 is 0 Å². The van der Waals surface area contributed by atoms with Gasteiger partial charge in [0.05, 0.1) is 16.9 Å². The second-order valence-corrected chi connectivity index (χ2v) is 7.46. The lowest BCUT2D eigenvalue weighted by Gasteiger charge is -2.36. The number of nitrogens with zero attached hydrogens (tertiary/aromatic N) is 5. The quantitative estimate of drug-likeness (QED) is 0.850. The smallest absolute Gasteiger partial charge is 0.101 e. The molecule has 142 valence electrons. The topological polar surface area (TPSA) is 68.1 Å². The highest BCUT2D eigenvalue weighted by atomic mass is 15.3. The molecule has 3 rings (SSSR count). The van der Waals surface area contributed by atoms with Gasteiger partial charge in [-0.05, 0) is 42.2 Å². The molecule has 1 aliphatic heterocycles. The molecule has 0 radical (unpaired) electrons. The summed E-state index contributed by atoms with van der Waals surface area (Å²) in [7, 11) is 1.92. The standard InChI is InChI=1S/C21H28N6/c1-16(2)11-17-13-21(18(14-22)12-20(17)23-3)27-9-7-26(8-10-27)15-19-5-4-6-24-25-19/h4-6,12-13,16,23H,7-11,15H2,1-3H3. The average molecular weight is 364 g/mol. The Hall–Kier alpha value is -2.65. The summed E-state index contributed by atoms with van der Waals surface area (Å²) in [5.74, 6) is 0.571. The first-order chi connectivity index (χ1) is 13.1. The minimum absolute atomic E-state index is 0.571. The first-order valence-corrected chi connectivity index (χ1v) is 9.59. The van der Waals surface area contributed by atoms with E-state index in [9.17, 15) is 5.26 Å². The van der Waals surface area contributed by atoms with Gasteiger partial charge in [0.1, 0.15) is 6.07 Å². The lowest BCUT2D eigenvalue weighted by atomic mass is 9.97. The highest BCUT2D eigenvalue weighted by Crippen LogP contribution is 2.30. The zero-order valence-corrected chi connectivity index (χ0v) is 16.4. The first-order valence-electron chi connectivity index (χ1n) is 9.59. The van der Waals surface area contributed by atoms with Gasteiger partial charge in [-0.1, -0.05) is 13.8 Å². The minimum atomic E-state index is 0.571. The van der Waals surface area contributed by atoms with Crippen LogP contribution in [-0.4, -0.2) is 48.3 Å². The number of hydrogen-bond donors (Lipinski definition) is 1. The third-order valence-electron chi connectivity index (χ3n) is 4.97. The lowest BCUT2D eigenvalue weighted by Crippen LogP contribution is -2.46. The molecule has 2 aromatic rings. The predicted octanol–water partition coefficient (Wildman–Crippen LogP) is 2.91. The summed E-state index contributed by atoms with van der Waals surface area (Å²) in [6.45, 7) is 9.00. The molecule has 1 fully saturated rings. The number of hydrogen-bond acceptors (Lipinski definition) is 6. The maximum absolute atomic E-state index is 9.66. The molecule has 6 heteroatoms. The van der Waals surface area contributed by atoms with Gasteiger partial charge in [-0.2, -0.15) is 15.5 Å². The van der Waals surface area contributed by atoms with Crippen molar-refractivity contribution < 1.29 is 0 Å². The molecule has 0 atom stereocenters. The molecule has 1 N–H and O–H groups in total. The second kappa shape index (κ2) is 8.83. The van der Waals surface area contributed by atoms with Gasteiger partial charge in [-0.25, -0.2) is 0 Å². The highest BCUT2D eigenvalue weighted by Gasteiger charge is 2.21. The van der Waals surface area contributed by atoms with E-state index in [0.717, 1.165) is 61.8 Å². The van der Waals surface area contributed by atoms with Crippen molar-refractivity contribution in [3.8, 4) is 6.07 Å². The molecule has 0 saturated carbocycles. The van der Waals surface area contributed by atoms with E-state index in [4.69, 9.17) is 0 Å². The monoisotopic (exact) mass is 364 g/mol. The van der Waals surface area contributed by atoms with Crippen LogP contribution in [-0.2, 0) is 13.0 Å². The normalized spacial score (nSPS) is 15.0. The van der Waals surface area contributed by atoms with Gasteiger partial charge in [0.2, 0.25) is 0 Å². The van der Waals surface area contributed by atoms with Crippen molar-refractivity contribution in [2.75, 3.05) is 43.4 Å². The maximum atomic E-state index is 9.66. The molecule has 2 heterocycles. The van der Waals surface area contributed by atoms with E-state index in [1.54, 1.807) is 6.20 Å². The van der Waals surface area contributed by atoms with E-state index < -0.39 is 0 Å². The molecule has 1 saturated heterocycles. The van der Waals surface area contributed by atoms with Crippen LogP contribution in [0.3, 0.4) is 0 Å². The third kappa shape index (κ3) is 4.75. The first kappa shape index (κ1) is 19.1.